The van der Waals surface area contributed by atoms with Crippen molar-refractivity contribution in [2.24, 2.45) is 4.99 Å². The highest BCUT2D eigenvalue weighted by atomic mass is 127. The van der Waals surface area contributed by atoms with Crippen LogP contribution in [0.25, 0.3) is 0 Å². The summed E-state index contributed by atoms with van der Waals surface area (Å²) in [6, 6.07) is 13.9. The molecule has 1 heterocycles. The molecule has 0 radical (unpaired) electrons. The zero-order chi connectivity index (χ0) is 17.5. The van der Waals surface area contributed by atoms with Gasteiger partial charge in [0.2, 0.25) is 6.79 Å². The number of ether oxygens (including phenoxy) is 3. The fourth-order valence-electron chi connectivity index (χ4n) is 2.51. The van der Waals surface area contributed by atoms with Gasteiger partial charge in [0.15, 0.2) is 17.5 Å². The fourth-order valence-corrected chi connectivity index (χ4v) is 2.51. The van der Waals surface area contributed by atoms with Crippen molar-refractivity contribution in [1.29, 1.82) is 0 Å². The Balaban J connectivity index is 0.00000243. The van der Waals surface area contributed by atoms with E-state index >= 15 is 0 Å². The molecule has 26 heavy (non-hydrogen) atoms. The maximum absolute atomic E-state index is 5.73. The van der Waals surface area contributed by atoms with Crippen LogP contribution in [0.5, 0.6) is 17.2 Å². The first-order valence-corrected chi connectivity index (χ1v) is 8.28. The average Bonchev–Trinajstić information content (AvgIpc) is 3.10. The van der Waals surface area contributed by atoms with E-state index in [0.717, 1.165) is 29.8 Å². The predicted molar refractivity (Wildman–Crippen MR) is 113 cm³/mol. The molecule has 0 unspecified atom stereocenters. The third-order valence-corrected chi connectivity index (χ3v) is 3.94. The number of nitrogens with zero attached hydrogens (tertiary/aromatic N) is 1. The Bertz CT molecular complexity index is 753. The first kappa shape index (κ1) is 20.2. The van der Waals surface area contributed by atoms with Gasteiger partial charge in [-0.2, -0.15) is 0 Å². The number of hydrogen-bond acceptors (Lipinski definition) is 4. The maximum atomic E-state index is 5.73. The van der Waals surface area contributed by atoms with Crippen LogP contribution < -0.4 is 24.8 Å². The van der Waals surface area contributed by atoms with Crippen LogP contribution in [-0.4, -0.2) is 33.0 Å². The van der Waals surface area contributed by atoms with Crippen molar-refractivity contribution in [2.75, 3.05) is 27.0 Å². The van der Waals surface area contributed by atoms with Crippen molar-refractivity contribution in [2.45, 2.75) is 13.5 Å². The van der Waals surface area contributed by atoms with Gasteiger partial charge in [-0.3, -0.25) is 4.99 Å². The monoisotopic (exact) mass is 469 g/mol. The van der Waals surface area contributed by atoms with E-state index in [1.807, 2.05) is 30.3 Å². The SMILES string of the molecule is CN=C(NCCOc1ccc2c(c1)OCO2)NCc1ccccc1C.I. The summed E-state index contributed by atoms with van der Waals surface area (Å²) in [5, 5.41) is 6.55. The zero-order valence-corrected chi connectivity index (χ0v) is 17.3. The van der Waals surface area contributed by atoms with Crippen LogP contribution in [-0.2, 0) is 6.54 Å². The van der Waals surface area contributed by atoms with Crippen LogP contribution in [0.4, 0.5) is 0 Å². The van der Waals surface area contributed by atoms with E-state index < -0.39 is 0 Å². The Hall–Kier alpha value is -2.16. The number of halogens is 1. The molecule has 0 atom stereocenters. The summed E-state index contributed by atoms with van der Waals surface area (Å²) >= 11 is 0. The van der Waals surface area contributed by atoms with Crippen LogP contribution in [0.1, 0.15) is 11.1 Å². The molecule has 0 saturated carbocycles. The maximum Gasteiger partial charge on any atom is 0.231 e. The minimum atomic E-state index is 0. The quantitative estimate of drug-likeness (QED) is 0.295. The molecule has 0 aliphatic carbocycles. The lowest BCUT2D eigenvalue weighted by molar-refractivity contribution is 0.173. The van der Waals surface area contributed by atoms with Crippen molar-refractivity contribution in [3.8, 4) is 17.2 Å². The van der Waals surface area contributed by atoms with Crippen molar-refractivity contribution < 1.29 is 14.2 Å². The molecule has 0 aromatic heterocycles. The second-order valence-electron chi connectivity index (χ2n) is 5.64. The Kier molecular flexibility index (Phi) is 7.83. The lowest BCUT2D eigenvalue weighted by Gasteiger charge is -2.13. The highest BCUT2D eigenvalue weighted by Crippen LogP contribution is 2.34. The van der Waals surface area contributed by atoms with Gasteiger partial charge in [0.1, 0.15) is 12.4 Å². The number of guanidine groups is 1. The second kappa shape index (κ2) is 10.1. The fraction of sp³-hybridized carbons (Fsp3) is 0.316. The van der Waals surface area contributed by atoms with Crippen LogP contribution in [0, 0.1) is 6.92 Å². The van der Waals surface area contributed by atoms with E-state index in [1.54, 1.807) is 7.05 Å². The molecule has 6 nitrogen and oxygen atoms in total. The molecule has 1 aliphatic rings. The second-order valence-corrected chi connectivity index (χ2v) is 5.64. The van der Waals surface area contributed by atoms with E-state index in [2.05, 4.69) is 34.7 Å². The molecule has 140 valence electrons. The summed E-state index contributed by atoms with van der Waals surface area (Å²) in [4.78, 5) is 4.23. The van der Waals surface area contributed by atoms with Gasteiger partial charge in [0.25, 0.3) is 0 Å². The summed E-state index contributed by atoms with van der Waals surface area (Å²) < 4.78 is 16.3. The highest BCUT2D eigenvalue weighted by molar-refractivity contribution is 14.0. The van der Waals surface area contributed by atoms with E-state index in [0.29, 0.717) is 13.2 Å². The van der Waals surface area contributed by atoms with Crippen LogP contribution in [0.3, 0.4) is 0 Å². The Morgan fingerprint density at radius 1 is 1.12 bits per heavy atom. The van der Waals surface area contributed by atoms with Crippen LogP contribution in [0.2, 0.25) is 0 Å². The molecule has 2 aromatic carbocycles. The van der Waals surface area contributed by atoms with Crippen LogP contribution in [0.15, 0.2) is 47.5 Å². The number of aryl methyl sites for hydroxylation is 1. The summed E-state index contributed by atoms with van der Waals surface area (Å²) in [5.74, 6) is 2.99. The summed E-state index contributed by atoms with van der Waals surface area (Å²) in [6.07, 6.45) is 0. The van der Waals surface area contributed by atoms with Crippen molar-refractivity contribution in [3.63, 3.8) is 0 Å². The summed E-state index contributed by atoms with van der Waals surface area (Å²) in [6.45, 7) is 4.26. The number of aliphatic imine (C=N–C) groups is 1. The molecule has 7 heteroatoms. The third kappa shape index (κ3) is 5.42. The Morgan fingerprint density at radius 3 is 2.73 bits per heavy atom. The molecule has 0 spiro atoms. The van der Waals surface area contributed by atoms with Gasteiger partial charge in [-0.05, 0) is 30.2 Å². The molecular weight excluding hydrogens is 445 g/mol. The van der Waals surface area contributed by atoms with Gasteiger partial charge < -0.3 is 24.8 Å². The number of rotatable bonds is 6. The van der Waals surface area contributed by atoms with E-state index in [9.17, 15) is 0 Å². The van der Waals surface area contributed by atoms with Gasteiger partial charge in [-0.15, -0.1) is 24.0 Å². The van der Waals surface area contributed by atoms with Gasteiger partial charge in [-0.1, -0.05) is 24.3 Å². The minimum absolute atomic E-state index is 0. The smallest absolute Gasteiger partial charge is 0.231 e. The lowest BCUT2D eigenvalue weighted by Crippen LogP contribution is -2.39. The van der Waals surface area contributed by atoms with E-state index in [1.165, 1.54) is 11.1 Å². The standard InChI is InChI=1S/C19H23N3O3.HI/c1-14-5-3-4-6-15(14)12-22-19(20-2)21-9-10-23-16-7-8-17-18(11-16)25-13-24-17;/h3-8,11H,9-10,12-13H2,1-2H3,(H2,20,21,22);1H. The first-order chi connectivity index (χ1) is 12.3. The van der Waals surface area contributed by atoms with Crippen molar-refractivity contribution >= 4 is 29.9 Å². The number of benzene rings is 2. The minimum Gasteiger partial charge on any atom is -0.492 e. The third-order valence-electron chi connectivity index (χ3n) is 3.94. The van der Waals surface area contributed by atoms with Gasteiger partial charge in [-0.25, -0.2) is 0 Å². The number of nitrogens with one attached hydrogen (secondary N) is 2. The number of fused-ring (bicyclic) bond motifs is 1. The van der Waals surface area contributed by atoms with Crippen molar-refractivity contribution in [3.05, 3.63) is 53.6 Å². The highest BCUT2D eigenvalue weighted by Gasteiger charge is 2.13. The molecule has 0 saturated heterocycles. The molecule has 3 rings (SSSR count). The molecule has 0 fully saturated rings. The summed E-state index contributed by atoms with van der Waals surface area (Å²) in [5.41, 5.74) is 2.51. The van der Waals surface area contributed by atoms with Gasteiger partial charge in [0.05, 0.1) is 6.54 Å². The largest absolute Gasteiger partial charge is 0.492 e. The summed E-state index contributed by atoms with van der Waals surface area (Å²) in [7, 11) is 1.76. The topological polar surface area (TPSA) is 64.1 Å². The van der Waals surface area contributed by atoms with Gasteiger partial charge >= 0.3 is 0 Å². The molecule has 0 amide bonds. The molecule has 2 N–H and O–H groups in total. The Morgan fingerprint density at radius 2 is 1.92 bits per heavy atom. The number of hydrogen-bond donors (Lipinski definition) is 2. The van der Waals surface area contributed by atoms with E-state index in [-0.39, 0.29) is 30.8 Å². The molecular formula is C19H24IN3O3. The van der Waals surface area contributed by atoms with Gasteiger partial charge in [0, 0.05) is 19.7 Å². The zero-order valence-electron chi connectivity index (χ0n) is 15.0. The predicted octanol–water partition coefficient (Wildman–Crippen LogP) is 3.09. The van der Waals surface area contributed by atoms with Crippen LogP contribution >= 0.6 is 24.0 Å². The Labute approximate surface area is 171 Å². The average molecular weight is 469 g/mol. The van der Waals surface area contributed by atoms with Crippen molar-refractivity contribution in [1.82, 2.24) is 10.6 Å². The molecule has 1 aliphatic heterocycles. The molecule has 0 bridgehead atoms. The van der Waals surface area contributed by atoms with E-state index in [4.69, 9.17) is 14.2 Å². The lowest BCUT2D eigenvalue weighted by atomic mass is 10.1. The normalized spacial score (nSPS) is 12.3. The molecule has 2 aromatic rings. The first-order valence-electron chi connectivity index (χ1n) is 8.28.